The smallest absolute Gasteiger partial charge is 0.153 e. The van der Waals surface area contributed by atoms with Gasteiger partial charge < -0.3 is 5.11 Å². The SMILES string of the molecule is C[C@@H]1[C@@H]2Cc3cc(Cl)c(O)c(Cl)c3[C@@]1(C)CCN2Cc1ccccc1. The molecule has 4 rings (SSSR count). The molecule has 132 valence electrons. The van der Waals surface area contributed by atoms with Crippen molar-refractivity contribution < 1.29 is 5.11 Å². The Hall–Kier alpha value is -1.22. The van der Waals surface area contributed by atoms with E-state index in [-0.39, 0.29) is 11.2 Å². The lowest BCUT2D eigenvalue weighted by Gasteiger charge is -2.55. The zero-order valence-corrected chi connectivity index (χ0v) is 16.1. The molecular formula is C21H23Cl2NO. The Balaban J connectivity index is 1.73. The second-order valence-electron chi connectivity index (χ2n) is 7.74. The summed E-state index contributed by atoms with van der Waals surface area (Å²) >= 11 is 12.7. The van der Waals surface area contributed by atoms with Crippen LogP contribution in [0.4, 0.5) is 0 Å². The average Bonchev–Trinajstić information content (AvgIpc) is 2.59. The molecule has 4 heteroatoms. The van der Waals surface area contributed by atoms with Crippen molar-refractivity contribution in [3.8, 4) is 5.75 Å². The summed E-state index contributed by atoms with van der Waals surface area (Å²) in [5, 5.41) is 11.0. The van der Waals surface area contributed by atoms with Gasteiger partial charge in [-0.25, -0.2) is 0 Å². The van der Waals surface area contributed by atoms with Crippen LogP contribution in [0.2, 0.25) is 10.0 Å². The van der Waals surface area contributed by atoms with Gasteiger partial charge in [0.2, 0.25) is 0 Å². The van der Waals surface area contributed by atoms with Gasteiger partial charge in [-0.1, -0.05) is 67.4 Å². The van der Waals surface area contributed by atoms with Gasteiger partial charge in [-0.15, -0.1) is 0 Å². The van der Waals surface area contributed by atoms with Gasteiger partial charge in [0.25, 0.3) is 0 Å². The van der Waals surface area contributed by atoms with Crippen LogP contribution in [-0.2, 0) is 18.4 Å². The highest BCUT2D eigenvalue weighted by atomic mass is 35.5. The second-order valence-corrected chi connectivity index (χ2v) is 8.52. The van der Waals surface area contributed by atoms with Gasteiger partial charge in [0, 0.05) is 12.6 Å². The van der Waals surface area contributed by atoms with Gasteiger partial charge in [0.15, 0.2) is 5.75 Å². The molecule has 2 aromatic carbocycles. The molecule has 1 aliphatic carbocycles. The van der Waals surface area contributed by atoms with Gasteiger partial charge in [-0.3, -0.25) is 4.90 Å². The number of benzene rings is 2. The average molecular weight is 376 g/mol. The molecule has 3 atom stereocenters. The van der Waals surface area contributed by atoms with Crippen molar-refractivity contribution in [2.24, 2.45) is 5.92 Å². The van der Waals surface area contributed by atoms with E-state index >= 15 is 0 Å². The fourth-order valence-corrected chi connectivity index (χ4v) is 5.56. The highest BCUT2D eigenvalue weighted by Gasteiger charge is 2.49. The molecular weight excluding hydrogens is 353 g/mol. The Morgan fingerprint density at radius 3 is 2.68 bits per heavy atom. The standard InChI is InChI=1S/C21H23Cl2NO/c1-13-17-11-15-10-16(22)20(25)19(23)18(15)21(13,2)8-9-24(17)12-14-6-4-3-5-7-14/h3-7,10,13,17,25H,8-9,11-12H2,1-2H3/t13-,17+,21+/m1/s1. The van der Waals surface area contributed by atoms with E-state index in [1.165, 1.54) is 11.1 Å². The van der Waals surface area contributed by atoms with E-state index < -0.39 is 0 Å². The summed E-state index contributed by atoms with van der Waals surface area (Å²) in [6.07, 6.45) is 1.96. The minimum absolute atomic E-state index is 0.0232. The van der Waals surface area contributed by atoms with E-state index in [2.05, 4.69) is 49.1 Å². The number of phenols is 1. The van der Waals surface area contributed by atoms with E-state index in [0.29, 0.717) is 22.0 Å². The summed E-state index contributed by atoms with van der Waals surface area (Å²) in [7, 11) is 0. The minimum atomic E-state index is -0.0232. The quantitative estimate of drug-likeness (QED) is 0.756. The molecule has 2 bridgehead atoms. The van der Waals surface area contributed by atoms with E-state index in [4.69, 9.17) is 23.2 Å². The van der Waals surface area contributed by atoms with Crippen molar-refractivity contribution in [1.82, 2.24) is 4.90 Å². The first-order valence-corrected chi connectivity index (χ1v) is 9.65. The topological polar surface area (TPSA) is 23.5 Å². The van der Waals surface area contributed by atoms with Crippen molar-refractivity contribution in [2.75, 3.05) is 6.54 Å². The predicted molar refractivity (Wildman–Crippen MR) is 104 cm³/mol. The minimum Gasteiger partial charge on any atom is -0.505 e. The molecule has 1 heterocycles. The molecule has 2 aliphatic rings. The summed E-state index contributed by atoms with van der Waals surface area (Å²) in [4.78, 5) is 2.60. The number of rotatable bonds is 2. The third kappa shape index (κ3) is 2.66. The number of hydrogen-bond donors (Lipinski definition) is 1. The van der Waals surface area contributed by atoms with Crippen molar-refractivity contribution in [2.45, 2.75) is 44.7 Å². The molecule has 2 nitrogen and oxygen atoms in total. The molecule has 0 radical (unpaired) electrons. The third-order valence-electron chi connectivity index (χ3n) is 6.47. The number of fused-ring (bicyclic) bond motifs is 4. The summed E-state index contributed by atoms with van der Waals surface area (Å²) < 4.78 is 0. The number of likely N-dealkylation sites (tertiary alicyclic amines) is 1. The first-order valence-electron chi connectivity index (χ1n) is 8.90. The number of piperidine rings is 1. The Kier molecular flexibility index (Phi) is 4.26. The van der Waals surface area contributed by atoms with Crippen LogP contribution in [0.3, 0.4) is 0 Å². The molecule has 1 N–H and O–H groups in total. The summed E-state index contributed by atoms with van der Waals surface area (Å²) in [5.41, 5.74) is 3.63. The first-order chi connectivity index (χ1) is 11.9. The molecule has 1 fully saturated rings. The monoisotopic (exact) mass is 375 g/mol. The summed E-state index contributed by atoms with van der Waals surface area (Å²) in [6, 6.07) is 13.0. The van der Waals surface area contributed by atoms with Gasteiger partial charge in [0.1, 0.15) is 0 Å². The van der Waals surface area contributed by atoms with Gasteiger partial charge in [0.05, 0.1) is 10.0 Å². The third-order valence-corrected chi connectivity index (χ3v) is 7.13. The Bertz CT molecular complexity index is 807. The number of hydrogen-bond acceptors (Lipinski definition) is 2. The highest BCUT2D eigenvalue weighted by molar-refractivity contribution is 6.37. The molecule has 1 saturated heterocycles. The van der Waals surface area contributed by atoms with Crippen LogP contribution in [0.5, 0.6) is 5.75 Å². The Labute approximate surface area is 159 Å². The fraction of sp³-hybridized carbons (Fsp3) is 0.429. The second kappa shape index (κ2) is 6.19. The zero-order valence-electron chi connectivity index (χ0n) is 14.6. The lowest BCUT2D eigenvalue weighted by Crippen LogP contribution is -2.57. The number of halogens is 2. The van der Waals surface area contributed by atoms with E-state index in [9.17, 15) is 5.11 Å². The zero-order chi connectivity index (χ0) is 17.8. The van der Waals surface area contributed by atoms with E-state index in [1.807, 2.05) is 6.07 Å². The maximum atomic E-state index is 10.2. The van der Waals surface area contributed by atoms with Crippen LogP contribution in [0.25, 0.3) is 0 Å². The van der Waals surface area contributed by atoms with E-state index in [1.54, 1.807) is 0 Å². The fourth-order valence-electron chi connectivity index (χ4n) is 4.84. The van der Waals surface area contributed by atoms with Gasteiger partial charge in [-0.2, -0.15) is 0 Å². The molecule has 0 spiro atoms. The van der Waals surface area contributed by atoms with Crippen molar-refractivity contribution in [3.63, 3.8) is 0 Å². The van der Waals surface area contributed by atoms with Crippen molar-refractivity contribution in [1.29, 1.82) is 0 Å². The van der Waals surface area contributed by atoms with Crippen molar-refractivity contribution in [3.05, 3.63) is 63.1 Å². The molecule has 0 unspecified atom stereocenters. The van der Waals surface area contributed by atoms with Crippen LogP contribution in [0.1, 0.15) is 37.0 Å². The van der Waals surface area contributed by atoms with Gasteiger partial charge in [-0.05, 0) is 53.5 Å². The van der Waals surface area contributed by atoms with E-state index in [0.717, 1.165) is 31.5 Å². The Morgan fingerprint density at radius 1 is 1.24 bits per heavy atom. The van der Waals surface area contributed by atoms with Crippen LogP contribution in [-0.4, -0.2) is 22.6 Å². The highest BCUT2D eigenvalue weighted by Crippen LogP contribution is 2.53. The summed E-state index contributed by atoms with van der Waals surface area (Å²) in [5.74, 6) is 0.496. The van der Waals surface area contributed by atoms with Crippen LogP contribution < -0.4 is 0 Å². The van der Waals surface area contributed by atoms with Crippen LogP contribution >= 0.6 is 23.2 Å². The largest absolute Gasteiger partial charge is 0.505 e. The predicted octanol–water partition coefficient (Wildman–Crippen LogP) is 5.42. The molecule has 0 aromatic heterocycles. The summed E-state index contributed by atoms with van der Waals surface area (Å²) in [6.45, 7) is 6.63. The first kappa shape index (κ1) is 17.2. The number of nitrogens with zero attached hydrogens (tertiary/aromatic N) is 1. The Morgan fingerprint density at radius 2 is 1.96 bits per heavy atom. The maximum absolute atomic E-state index is 10.2. The van der Waals surface area contributed by atoms with Gasteiger partial charge >= 0.3 is 0 Å². The van der Waals surface area contributed by atoms with Crippen LogP contribution in [0, 0.1) is 5.92 Å². The number of phenolic OH excluding ortho intramolecular Hbond substituents is 1. The number of aromatic hydroxyl groups is 1. The molecule has 1 aliphatic heterocycles. The molecule has 0 saturated carbocycles. The normalized spacial score (nSPS) is 28.6. The lowest BCUT2D eigenvalue weighted by atomic mass is 9.59. The molecule has 25 heavy (non-hydrogen) atoms. The lowest BCUT2D eigenvalue weighted by molar-refractivity contribution is 0.0258. The molecule has 2 aromatic rings. The maximum Gasteiger partial charge on any atom is 0.153 e. The van der Waals surface area contributed by atoms with Crippen LogP contribution in [0.15, 0.2) is 36.4 Å². The van der Waals surface area contributed by atoms with Crippen molar-refractivity contribution >= 4 is 23.2 Å². The molecule has 0 amide bonds.